The van der Waals surface area contributed by atoms with Crippen LogP contribution >= 0.6 is 0 Å². The Morgan fingerprint density at radius 1 is 1.38 bits per heavy atom. The van der Waals surface area contributed by atoms with Gasteiger partial charge in [-0.05, 0) is 44.1 Å². The van der Waals surface area contributed by atoms with E-state index in [1.807, 2.05) is 0 Å². The fourth-order valence-electron chi connectivity index (χ4n) is 1.80. The molecule has 1 aromatic carbocycles. The molecule has 0 unspecified atom stereocenters. The van der Waals surface area contributed by atoms with E-state index in [0.29, 0.717) is 11.7 Å². The minimum Gasteiger partial charge on any atom is -0.398 e. The number of nitrogens with one attached hydrogen (secondary N) is 1. The van der Waals surface area contributed by atoms with Crippen LogP contribution in [0, 0.1) is 5.82 Å². The first-order chi connectivity index (χ1) is 7.75. The van der Waals surface area contributed by atoms with E-state index in [-0.39, 0.29) is 5.82 Å². The van der Waals surface area contributed by atoms with Gasteiger partial charge in [0.2, 0.25) is 0 Å². The lowest BCUT2D eigenvalue weighted by Gasteiger charge is -2.18. The second-order valence-electron chi connectivity index (χ2n) is 4.03. The normalized spacial score (nSPS) is 18.1. The third kappa shape index (κ3) is 2.79. The van der Waals surface area contributed by atoms with E-state index in [1.54, 1.807) is 12.3 Å². The molecule has 2 rings (SSSR count). The molecule has 0 amide bonds. The average Bonchev–Trinajstić information content (AvgIpc) is 2.29. The van der Waals surface area contributed by atoms with Crippen LogP contribution in [0.25, 0.3) is 0 Å². The van der Waals surface area contributed by atoms with Crippen molar-refractivity contribution in [3.05, 3.63) is 29.6 Å². The molecule has 0 aliphatic carbocycles. The minimum atomic E-state index is -0.309. The summed E-state index contributed by atoms with van der Waals surface area (Å²) in [5, 5.41) is 3.28. The van der Waals surface area contributed by atoms with Gasteiger partial charge in [-0.3, -0.25) is 4.99 Å². The van der Waals surface area contributed by atoms with Crippen LogP contribution in [0.2, 0.25) is 0 Å². The number of nitrogens with two attached hydrogens (primary N) is 1. The Morgan fingerprint density at radius 2 is 2.12 bits per heavy atom. The van der Waals surface area contributed by atoms with Gasteiger partial charge in [0.15, 0.2) is 0 Å². The predicted molar refractivity (Wildman–Crippen MR) is 64.3 cm³/mol. The number of halogens is 1. The molecule has 1 aromatic rings. The maximum atomic E-state index is 12.8. The molecule has 0 saturated carbocycles. The first-order valence-corrected chi connectivity index (χ1v) is 5.54. The number of piperidine rings is 1. The van der Waals surface area contributed by atoms with Gasteiger partial charge in [-0.25, -0.2) is 4.39 Å². The summed E-state index contributed by atoms with van der Waals surface area (Å²) < 4.78 is 12.8. The summed E-state index contributed by atoms with van der Waals surface area (Å²) in [6, 6.07) is 4.75. The van der Waals surface area contributed by atoms with Crippen LogP contribution in [0.1, 0.15) is 18.4 Å². The summed E-state index contributed by atoms with van der Waals surface area (Å²) in [6.45, 7) is 2.03. The summed E-state index contributed by atoms with van der Waals surface area (Å²) in [5.74, 6) is -0.309. The van der Waals surface area contributed by atoms with Gasteiger partial charge < -0.3 is 11.1 Å². The van der Waals surface area contributed by atoms with Crippen LogP contribution in [0.3, 0.4) is 0 Å². The topological polar surface area (TPSA) is 50.4 Å². The first kappa shape index (κ1) is 11.1. The summed E-state index contributed by atoms with van der Waals surface area (Å²) in [7, 11) is 0. The van der Waals surface area contributed by atoms with E-state index in [1.165, 1.54) is 12.1 Å². The molecule has 0 atom stereocenters. The Kier molecular flexibility index (Phi) is 3.51. The number of nitrogen functional groups attached to an aromatic ring is 1. The number of aliphatic imine (C=N–C) groups is 1. The van der Waals surface area contributed by atoms with Crippen LogP contribution in [-0.2, 0) is 0 Å². The molecule has 0 radical (unpaired) electrons. The molecule has 1 fully saturated rings. The van der Waals surface area contributed by atoms with Crippen molar-refractivity contribution in [2.75, 3.05) is 18.8 Å². The fraction of sp³-hybridized carbons (Fsp3) is 0.417. The molecule has 1 aliphatic heterocycles. The highest BCUT2D eigenvalue weighted by Crippen LogP contribution is 2.13. The van der Waals surface area contributed by atoms with Crippen molar-refractivity contribution < 1.29 is 4.39 Å². The smallest absolute Gasteiger partial charge is 0.125 e. The molecule has 1 heterocycles. The molecule has 86 valence electrons. The predicted octanol–water partition coefficient (Wildman–Crippen LogP) is 1.58. The zero-order chi connectivity index (χ0) is 11.4. The molecule has 0 spiro atoms. The standard InChI is InChI=1S/C12H16FN3/c13-10-2-1-9(12(14)7-10)8-16-11-3-5-15-6-4-11/h1-2,7-8,11,15H,3-6,14H2. The van der Waals surface area contributed by atoms with Crippen molar-refractivity contribution in [2.24, 2.45) is 4.99 Å². The second kappa shape index (κ2) is 5.07. The van der Waals surface area contributed by atoms with Crippen molar-refractivity contribution in [3.63, 3.8) is 0 Å². The largest absolute Gasteiger partial charge is 0.398 e. The van der Waals surface area contributed by atoms with E-state index in [0.717, 1.165) is 31.5 Å². The van der Waals surface area contributed by atoms with Gasteiger partial charge >= 0.3 is 0 Å². The van der Waals surface area contributed by atoms with Gasteiger partial charge in [0.1, 0.15) is 5.82 Å². The van der Waals surface area contributed by atoms with Crippen LogP contribution in [0.4, 0.5) is 10.1 Å². The van der Waals surface area contributed by atoms with Gasteiger partial charge in [-0.15, -0.1) is 0 Å². The minimum absolute atomic E-state index is 0.309. The Bertz CT molecular complexity index is 384. The number of hydrogen-bond donors (Lipinski definition) is 2. The summed E-state index contributed by atoms with van der Waals surface area (Å²) in [5.41, 5.74) is 6.93. The van der Waals surface area contributed by atoms with Crippen LogP contribution < -0.4 is 11.1 Å². The third-order valence-corrected chi connectivity index (χ3v) is 2.78. The summed E-state index contributed by atoms with van der Waals surface area (Å²) in [6.07, 6.45) is 3.86. The molecular formula is C12H16FN3. The van der Waals surface area contributed by atoms with Crippen molar-refractivity contribution in [2.45, 2.75) is 18.9 Å². The van der Waals surface area contributed by atoms with Crippen LogP contribution in [-0.4, -0.2) is 25.3 Å². The van der Waals surface area contributed by atoms with Crippen molar-refractivity contribution in [3.8, 4) is 0 Å². The van der Waals surface area contributed by atoms with E-state index in [4.69, 9.17) is 5.73 Å². The highest BCUT2D eigenvalue weighted by atomic mass is 19.1. The molecular weight excluding hydrogens is 205 g/mol. The van der Waals surface area contributed by atoms with Crippen LogP contribution in [0.15, 0.2) is 23.2 Å². The monoisotopic (exact) mass is 221 g/mol. The van der Waals surface area contributed by atoms with Crippen LogP contribution in [0.5, 0.6) is 0 Å². The number of nitrogens with zero attached hydrogens (tertiary/aromatic N) is 1. The Balaban J connectivity index is 2.04. The van der Waals surface area contributed by atoms with Gasteiger partial charge in [0.25, 0.3) is 0 Å². The van der Waals surface area contributed by atoms with E-state index < -0.39 is 0 Å². The summed E-state index contributed by atoms with van der Waals surface area (Å²) >= 11 is 0. The molecule has 4 heteroatoms. The maximum Gasteiger partial charge on any atom is 0.125 e. The lowest BCUT2D eigenvalue weighted by atomic mass is 10.1. The molecule has 1 saturated heterocycles. The number of anilines is 1. The van der Waals surface area contributed by atoms with Gasteiger partial charge in [0, 0.05) is 17.5 Å². The lowest BCUT2D eigenvalue weighted by molar-refractivity contribution is 0.461. The Hall–Kier alpha value is -1.42. The second-order valence-corrected chi connectivity index (χ2v) is 4.03. The zero-order valence-corrected chi connectivity index (χ0v) is 9.12. The lowest BCUT2D eigenvalue weighted by Crippen LogP contribution is -2.29. The molecule has 16 heavy (non-hydrogen) atoms. The Morgan fingerprint density at radius 3 is 2.81 bits per heavy atom. The Labute approximate surface area is 94.6 Å². The quantitative estimate of drug-likeness (QED) is 0.588. The SMILES string of the molecule is Nc1cc(F)ccc1C=NC1CCNCC1. The van der Waals surface area contributed by atoms with Gasteiger partial charge in [-0.2, -0.15) is 0 Å². The molecule has 0 bridgehead atoms. The van der Waals surface area contributed by atoms with Gasteiger partial charge in [-0.1, -0.05) is 0 Å². The average molecular weight is 221 g/mol. The fourth-order valence-corrected chi connectivity index (χ4v) is 1.80. The van der Waals surface area contributed by atoms with E-state index >= 15 is 0 Å². The highest BCUT2D eigenvalue weighted by Gasteiger charge is 2.10. The first-order valence-electron chi connectivity index (χ1n) is 5.54. The van der Waals surface area contributed by atoms with E-state index in [9.17, 15) is 4.39 Å². The molecule has 1 aliphatic rings. The zero-order valence-electron chi connectivity index (χ0n) is 9.12. The maximum absolute atomic E-state index is 12.8. The van der Waals surface area contributed by atoms with Crippen molar-refractivity contribution in [1.82, 2.24) is 5.32 Å². The molecule has 0 aromatic heterocycles. The highest BCUT2D eigenvalue weighted by molar-refractivity contribution is 5.86. The number of rotatable bonds is 2. The van der Waals surface area contributed by atoms with Crippen molar-refractivity contribution in [1.29, 1.82) is 0 Å². The van der Waals surface area contributed by atoms with Gasteiger partial charge in [0.05, 0.1) is 6.04 Å². The van der Waals surface area contributed by atoms with E-state index in [2.05, 4.69) is 10.3 Å². The molecule has 3 nitrogen and oxygen atoms in total. The number of hydrogen-bond acceptors (Lipinski definition) is 3. The van der Waals surface area contributed by atoms with Crippen molar-refractivity contribution >= 4 is 11.9 Å². The summed E-state index contributed by atoms with van der Waals surface area (Å²) in [4.78, 5) is 4.48. The third-order valence-electron chi connectivity index (χ3n) is 2.78. The molecule has 3 N–H and O–H groups in total. The number of benzene rings is 1.